The molecular formula is C24H27N3O5S2. The molecule has 10 heteroatoms. The Morgan fingerprint density at radius 2 is 1.44 bits per heavy atom. The van der Waals surface area contributed by atoms with Gasteiger partial charge in [-0.2, -0.15) is 0 Å². The van der Waals surface area contributed by atoms with E-state index in [1.165, 1.54) is 24.3 Å². The number of rotatable bonds is 8. The molecule has 180 valence electrons. The van der Waals surface area contributed by atoms with Gasteiger partial charge in [0.15, 0.2) is 0 Å². The van der Waals surface area contributed by atoms with E-state index in [4.69, 9.17) is 0 Å². The summed E-state index contributed by atoms with van der Waals surface area (Å²) in [5.74, 6) is -0.559. The van der Waals surface area contributed by atoms with Crippen LogP contribution in [0.25, 0.3) is 0 Å². The molecule has 3 rings (SSSR count). The molecule has 0 radical (unpaired) electrons. The maximum atomic E-state index is 12.8. The minimum atomic E-state index is -3.83. The van der Waals surface area contributed by atoms with Gasteiger partial charge < -0.3 is 5.32 Å². The number of anilines is 3. The topological polar surface area (TPSA) is 113 Å². The highest BCUT2D eigenvalue weighted by atomic mass is 32.2. The first-order valence-corrected chi connectivity index (χ1v) is 13.7. The summed E-state index contributed by atoms with van der Waals surface area (Å²) in [6.07, 6.45) is 1.03. The van der Waals surface area contributed by atoms with Crippen molar-refractivity contribution in [3.05, 3.63) is 83.4 Å². The van der Waals surface area contributed by atoms with Crippen LogP contribution in [-0.4, -0.2) is 35.5 Å². The lowest BCUT2D eigenvalue weighted by molar-refractivity contribution is -0.114. The second kappa shape index (κ2) is 9.86. The average molecular weight is 502 g/mol. The number of aryl methyl sites for hydroxylation is 3. The number of para-hydroxylation sites is 1. The Morgan fingerprint density at radius 3 is 2.00 bits per heavy atom. The molecule has 34 heavy (non-hydrogen) atoms. The smallest absolute Gasteiger partial charge is 0.261 e. The lowest BCUT2D eigenvalue weighted by Crippen LogP contribution is -2.37. The Kier molecular flexibility index (Phi) is 7.32. The number of carbonyl (C=O) groups is 1. The fourth-order valence-corrected chi connectivity index (χ4v) is 5.45. The van der Waals surface area contributed by atoms with Gasteiger partial charge in [-0.05, 0) is 73.9 Å². The Labute approximate surface area is 200 Å². The molecule has 0 aromatic heterocycles. The maximum Gasteiger partial charge on any atom is 0.261 e. The van der Waals surface area contributed by atoms with Gasteiger partial charge in [-0.1, -0.05) is 30.3 Å². The molecule has 1 amide bonds. The third-order valence-electron chi connectivity index (χ3n) is 5.14. The molecule has 0 bridgehead atoms. The van der Waals surface area contributed by atoms with Crippen molar-refractivity contribution in [3.63, 3.8) is 0 Å². The number of carbonyl (C=O) groups excluding carboxylic acids is 1. The zero-order chi connectivity index (χ0) is 25.1. The van der Waals surface area contributed by atoms with Crippen molar-refractivity contribution >= 4 is 43.0 Å². The highest BCUT2D eigenvalue weighted by Crippen LogP contribution is 2.24. The summed E-state index contributed by atoms with van der Waals surface area (Å²) in [7, 11) is -7.53. The normalized spacial score (nSPS) is 11.6. The summed E-state index contributed by atoms with van der Waals surface area (Å²) in [6.45, 7) is 5.05. The van der Waals surface area contributed by atoms with Crippen molar-refractivity contribution in [2.75, 3.05) is 27.1 Å². The van der Waals surface area contributed by atoms with Crippen LogP contribution in [0, 0.1) is 20.8 Å². The van der Waals surface area contributed by atoms with Crippen LogP contribution in [-0.2, 0) is 24.8 Å². The number of benzene rings is 3. The molecule has 3 aromatic carbocycles. The monoisotopic (exact) mass is 501 g/mol. The molecule has 0 aliphatic rings. The summed E-state index contributed by atoms with van der Waals surface area (Å²) in [5.41, 5.74) is 3.72. The largest absolute Gasteiger partial charge is 0.325 e. The molecular weight excluding hydrogens is 474 g/mol. The average Bonchev–Trinajstić information content (AvgIpc) is 2.74. The minimum absolute atomic E-state index is 0.0330. The lowest BCUT2D eigenvalue weighted by atomic mass is 10.1. The fourth-order valence-electron chi connectivity index (χ4n) is 3.40. The molecule has 0 spiro atoms. The SMILES string of the molecule is Cc1cccc(N(CC(=O)Nc2ccc(S(=O)(=O)Nc3c(C)cccc3C)cc2)S(C)(=O)=O)c1. The highest BCUT2D eigenvalue weighted by Gasteiger charge is 2.21. The number of hydrogen-bond acceptors (Lipinski definition) is 5. The number of hydrogen-bond donors (Lipinski definition) is 2. The van der Waals surface area contributed by atoms with Gasteiger partial charge in [0.2, 0.25) is 15.9 Å². The molecule has 0 saturated heterocycles. The molecule has 0 aliphatic carbocycles. The summed E-state index contributed by atoms with van der Waals surface area (Å²) in [4.78, 5) is 12.6. The predicted molar refractivity (Wildman–Crippen MR) is 135 cm³/mol. The summed E-state index contributed by atoms with van der Waals surface area (Å²) in [6, 6.07) is 18.0. The summed E-state index contributed by atoms with van der Waals surface area (Å²) >= 11 is 0. The van der Waals surface area contributed by atoms with Gasteiger partial charge in [-0.15, -0.1) is 0 Å². The van der Waals surface area contributed by atoms with E-state index in [2.05, 4.69) is 10.0 Å². The zero-order valence-corrected chi connectivity index (χ0v) is 21.0. The van der Waals surface area contributed by atoms with Crippen LogP contribution >= 0.6 is 0 Å². The minimum Gasteiger partial charge on any atom is -0.325 e. The predicted octanol–water partition coefficient (Wildman–Crippen LogP) is 3.82. The third-order valence-corrected chi connectivity index (χ3v) is 7.65. The van der Waals surface area contributed by atoms with E-state index in [1.54, 1.807) is 18.2 Å². The van der Waals surface area contributed by atoms with Crippen molar-refractivity contribution in [1.82, 2.24) is 0 Å². The third kappa shape index (κ3) is 6.15. The Bertz CT molecular complexity index is 1400. The molecule has 0 unspecified atom stereocenters. The first-order chi connectivity index (χ1) is 15.9. The van der Waals surface area contributed by atoms with E-state index in [9.17, 15) is 21.6 Å². The van der Waals surface area contributed by atoms with Crippen LogP contribution < -0.4 is 14.3 Å². The molecule has 0 aliphatic heterocycles. The molecule has 0 fully saturated rings. The van der Waals surface area contributed by atoms with E-state index in [0.717, 1.165) is 27.3 Å². The Morgan fingerprint density at radius 1 is 0.853 bits per heavy atom. The van der Waals surface area contributed by atoms with Crippen LogP contribution in [0.3, 0.4) is 0 Å². The van der Waals surface area contributed by atoms with Crippen molar-refractivity contribution < 1.29 is 21.6 Å². The lowest BCUT2D eigenvalue weighted by Gasteiger charge is -2.22. The van der Waals surface area contributed by atoms with Gasteiger partial charge in [0.05, 0.1) is 22.5 Å². The second-order valence-corrected chi connectivity index (χ2v) is 11.6. The Balaban J connectivity index is 1.74. The Hall–Kier alpha value is -3.37. The number of amides is 1. The summed E-state index contributed by atoms with van der Waals surface area (Å²) < 4.78 is 53.8. The summed E-state index contributed by atoms with van der Waals surface area (Å²) in [5, 5.41) is 2.62. The standard InChI is InChI=1S/C24H27N3O5S2/c1-17-7-5-10-21(15-17)27(33(4,29)30)16-23(28)25-20-11-13-22(14-12-20)34(31,32)26-24-18(2)8-6-9-19(24)3/h5-15,26H,16H2,1-4H3,(H,25,28). The highest BCUT2D eigenvalue weighted by molar-refractivity contribution is 7.92. The molecule has 0 atom stereocenters. The van der Waals surface area contributed by atoms with Gasteiger partial charge in [-0.25, -0.2) is 16.8 Å². The van der Waals surface area contributed by atoms with E-state index in [1.807, 2.05) is 45.0 Å². The zero-order valence-electron chi connectivity index (χ0n) is 19.4. The van der Waals surface area contributed by atoms with Crippen molar-refractivity contribution in [2.24, 2.45) is 0 Å². The molecule has 8 nitrogen and oxygen atoms in total. The molecule has 3 aromatic rings. The van der Waals surface area contributed by atoms with Gasteiger partial charge in [-0.3, -0.25) is 13.8 Å². The van der Waals surface area contributed by atoms with Crippen molar-refractivity contribution in [2.45, 2.75) is 25.7 Å². The van der Waals surface area contributed by atoms with Crippen LogP contribution in [0.2, 0.25) is 0 Å². The number of sulfonamides is 2. The van der Waals surface area contributed by atoms with E-state index >= 15 is 0 Å². The van der Waals surface area contributed by atoms with Crippen molar-refractivity contribution in [1.29, 1.82) is 0 Å². The van der Waals surface area contributed by atoms with Gasteiger partial charge in [0, 0.05) is 5.69 Å². The number of nitrogens with one attached hydrogen (secondary N) is 2. The van der Waals surface area contributed by atoms with Gasteiger partial charge in [0.25, 0.3) is 10.0 Å². The van der Waals surface area contributed by atoms with Crippen molar-refractivity contribution in [3.8, 4) is 0 Å². The molecule has 0 heterocycles. The van der Waals surface area contributed by atoms with E-state index < -0.39 is 32.5 Å². The van der Waals surface area contributed by atoms with Gasteiger partial charge >= 0.3 is 0 Å². The van der Waals surface area contributed by atoms with Crippen LogP contribution in [0.5, 0.6) is 0 Å². The quantitative estimate of drug-likeness (QED) is 0.487. The van der Waals surface area contributed by atoms with Gasteiger partial charge in [0.1, 0.15) is 6.54 Å². The first kappa shape index (κ1) is 25.3. The van der Waals surface area contributed by atoms with Crippen LogP contribution in [0.15, 0.2) is 71.6 Å². The van der Waals surface area contributed by atoms with E-state index in [-0.39, 0.29) is 4.90 Å². The van der Waals surface area contributed by atoms with Crippen LogP contribution in [0.1, 0.15) is 16.7 Å². The fraction of sp³-hybridized carbons (Fsp3) is 0.208. The first-order valence-electron chi connectivity index (χ1n) is 10.4. The maximum absolute atomic E-state index is 12.8. The molecule has 0 saturated carbocycles. The second-order valence-electron chi connectivity index (χ2n) is 8.05. The van der Waals surface area contributed by atoms with E-state index in [0.29, 0.717) is 17.1 Å². The van der Waals surface area contributed by atoms with Crippen LogP contribution in [0.4, 0.5) is 17.1 Å². The number of nitrogens with zero attached hydrogens (tertiary/aromatic N) is 1. The molecule has 2 N–H and O–H groups in total.